The fraction of sp³-hybridized carbons (Fsp3) is 0.393. The summed E-state index contributed by atoms with van der Waals surface area (Å²) in [4.78, 5) is 46.0. The summed E-state index contributed by atoms with van der Waals surface area (Å²) < 4.78 is 10.2. The molecule has 2 rings (SSSR count). The number of carbonyl (C=O) groups is 4. The molecule has 0 unspecified atom stereocenters. The molecule has 8 heteroatoms. The van der Waals surface area contributed by atoms with Gasteiger partial charge in [-0.3, -0.25) is 0 Å². The van der Waals surface area contributed by atoms with Crippen molar-refractivity contribution in [3.8, 4) is 0 Å². The van der Waals surface area contributed by atoms with Crippen LogP contribution in [0.15, 0.2) is 65.7 Å². The van der Waals surface area contributed by atoms with Crippen LogP contribution in [0.5, 0.6) is 0 Å². The first-order valence-corrected chi connectivity index (χ1v) is 11.5. The number of carbonyl (C=O) groups excluding carboxylic acids is 4. The maximum atomic E-state index is 11.7. The zero-order valence-corrected chi connectivity index (χ0v) is 22.2. The first kappa shape index (κ1) is 32.2. The van der Waals surface area contributed by atoms with Gasteiger partial charge in [0.2, 0.25) is 0 Å². The fourth-order valence-corrected chi connectivity index (χ4v) is 2.46. The highest BCUT2D eigenvalue weighted by Crippen LogP contribution is 2.16. The Morgan fingerprint density at radius 2 is 1.33 bits per heavy atom. The lowest BCUT2D eigenvalue weighted by atomic mass is 10.0. The number of ether oxygens (including phenoxy) is 2. The SMILES string of the molecule is CC(C)(C)OC(=O)N=Cc1ccccc1.CC(C)(C)OC(=O)N[C@@H](CC=O)c1ccccc1.CC=O. The first-order valence-electron chi connectivity index (χ1n) is 11.5. The van der Waals surface area contributed by atoms with Crippen LogP contribution >= 0.6 is 0 Å². The average molecular weight is 499 g/mol. The van der Waals surface area contributed by atoms with Gasteiger partial charge < -0.3 is 24.4 Å². The van der Waals surface area contributed by atoms with Crippen LogP contribution in [0, 0.1) is 0 Å². The summed E-state index contributed by atoms with van der Waals surface area (Å²) in [5.74, 6) is 0. The predicted octanol–water partition coefficient (Wildman–Crippen LogP) is 6.09. The Labute approximate surface area is 214 Å². The van der Waals surface area contributed by atoms with Crippen molar-refractivity contribution in [2.45, 2.75) is 72.1 Å². The summed E-state index contributed by atoms with van der Waals surface area (Å²) in [5, 5.41) is 2.70. The van der Waals surface area contributed by atoms with E-state index in [-0.39, 0.29) is 12.5 Å². The quantitative estimate of drug-likeness (QED) is 0.395. The molecule has 2 aromatic rings. The molecule has 36 heavy (non-hydrogen) atoms. The Kier molecular flexibility index (Phi) is 15.0. The molecule has 0 aliphatic rings. The second-order valence-corrected chi connectivity index (χ2v) is 9.40. The van der Waals surface area contributed by atoms with Crippen LogP contribution in [0.2, 0.25) is 0 Å². The largest absolute Gasteiger partial charge is 0.444 e. The Morgan fingerprint density at radius 1 is 0.861 bits per heavy atom. The monoisotopic (exact) mass is 498 g/mol. The molecule has 0 fully saturated rings. The normalized spacial score (nSPS) is 11.5. The number of nitrogens with one attached hydrogen (secondary N) is 1. The summed E-state index contributed by atoms with van der Waals surface area (Å²) in [6.07, 6.45) is 2.18. The molecule has 0 saturated carbocycles. The molecule has 0 radical (unpaired) electrons. The van der Waals surface area contributed by atoms with E-state index >= 15 is 0 Å². The number of rotatable bonds is 5. The Hall–Kier alpha value is -3.81. The number of benzene rings is 2. The first-order chi connectivity index (χ1) is 16.8. The van der Waals surface area contributed by atoms with Gasteiger partial charge in [-0.25, -0.2) is 9.59 Å². The lowest BCUT2D eigenvalue weighted by Crippen LogP contribution is -2.35. The van der Waals surface area contributed by atoms with Crippen molar-refractivity contribution in [1.82, 2.24) is 5.32 Å². The molecule has 0 bridgehead atoms. The molecule has 1 N–H and O–H groups in total. The third-order valence-corrected chi connectivity index (χ3v) is 3.74. The molecule has 0 saturated heterocycles. The molecule has 0 spiro atoms. The Balaban J connectivity index is 0.000000621. The minimum atomic E-state index is -0.564. The van der Waals surface area contributed by atoms with Gasteiger partial charge in [0.1, 0.15) is 23.8 Å². The van der Waals surface area contributed by atoms with E-state index in [1.165, 1.54) is 13.1 Å². The van der Waals surface area contributed by atoms with Gasteiger partial charge in [-0.15, -0.1) is 0 Å². The highest BCUT2D eigenvalue weighted by molar-refractivity contribution is 5.88. The van der Waals surface area contributed by atoms with E-state index in [0.717, 1.165) is 23.7 Å². The number of aliphatic imine (C=N–C) groups is 1. The van der Waals surface area contributed by atoms with E-state index in [9.17, 15) is 14.4 Å². The molecule has 0 aliphatic heterocycles. The maximum Gasteiger partial charge on any atom is 0.434 e. The Bertz CT molecular complexity index is 946. The molecule has 196 valence electrons. The van der Waals surface area contributed by atoms with Gasteiger partial charge >= 0.3 is 12.2 Å². The van der Waals surface area contributed by atoms with E-state index in [1.807, 2.05) is 81.4 Å². The van der Waals surface area contributed by atoms with Crippen molar-refractivity contribution in [3.05, 3.63) is 71.8 Å². The second kappa shape index (κ2) is 16.8. The third kappa shape index (κ3) is 17.6. The number of hydrogen-bond donors (Lipinski definition) is 1. The number of alkyl carbamates (subject to hydrolysis) is 1. The van der Waals surface area contributed by atoms with Gasteiger partial charge in [0.25, 0.3) is 0 Å². The highest BCUT2D eigenvalue weighted by Gasteiger charge is 2.20. The number of aldehydes is 2. The van der Waals surface area contributed by atoms with Crippen molar-refractivity contribution in [3.63, 3.8) is 0 Å². The van der Waals surface area contributed by atoms with Crippen LogP contribution in [-0.2, 0) is 19.1 Å². The Morgan fingerprint density at radius 3 is 1.78 bits per heavy atom. The van der Waals surface area contributed by atoms with Crippen molar-refractivity contribution >= 4 is 31.0 Å². The molecule has 2 amide bonds. The van der Waals surface area contributed by atoms with Gasteiger partial charge in [-0.1, -0.05) is 60.7 Å². The summed E-state index contributed by atoms with van der Waals surface area (Å²) in [7, 11) is 0. The molecule has 8 nitrogen and oxygen atoms in total. The summed E-state index contributed by atoms with van der Waals surface area (Å²) in [5.41, 5.74) is 0.719. The highest BCUT2D eigenvalue weighted by atomic mass is 16.6. The molecule has 0 aliphatic carbocycles. The van der Waals surface area contributed by atoms with Crippen LogP contribution in [-0.4, -0.2) is 42.2 Å². The molecule has 1 atom stereocenters. The van der Waals surface area contributed by atoms with E-state index in [1.54, 1.807) is 20.8 Å². The van der Waals surface area contributed by atoms with Crippen LogP contribution in [0.3, 0.4) is 0 Å². The standard InChI is InChI=1S/C14H19NO3.C12H15NO2.C2H4O/c1-14(2,3)18-13(17)15-12(9-10-16)11-7-5-4-6-8-11;1-12(2,3)15-11(14)13-9-10-7-5-4-6-8-10;1-2-3/h4-8,10,12H,9H2,1-3H3,(H,15,17);4-9H,1-3H3;2H,1H3/t12-;;/m0../s1. The van der Waals surface area contributed by atoms with E-state index in [2.05, 4.69) is 10.3 Å². The number of nitrogens with zero attached hydrogens (tertiary/aromatic N) is 1. The molecule has 0 heterocycles. The van der Waals surface area contributed by atoms with Gasteiger partial charge in [0.15, 0.2) is 0 Å². The average Bonchev–Trinajstić information content (AvgIpc) is 2.77. The summed E-state index contributed by atoms with van der Waals surface area (Å²) >= 11 is 0. The lowest BCUT2D eigenvalue weighted by molar-refractivity contribution is -0.108. The molecule has 0 aromatic heterocycles. The maximum absolute atomic E-state index is 11.7. The number of hydrogen-bond acceptors (Lipinski definition) is 6. The van der Waals surface area contributed by atoms with Crippen LogP contribution < -0.4 is 5.32 Å². The lowest BCUT2D eigenvalue weighted by Gasteiger charge is -2.23. The predicted molar refractivity (Wildman–Crippen MR) is 141 cm³/mol. The third-order valence-electron chi connectivity index (χ3n) is 3.74. The van der Waals surface area contributed by atoms with Crippen molar-refractivity contribution in [1.29, 1.82) is 0 Å². The van der Waals surface area contributed by atoms with Gasteiger partial charge in [-0.2, -0.15) is 4.99 Å². The summed E-state index contributed by atoms with van der Waals surface area (Å²) in [6, 6.07) is 18.4. The summed E-state index contributed by atoms with van der Waals surface area (Å²) in [6.45, 7) is 12.3. The number of amides is 2. The minimum Gasteiger partial charge on any atom is -0.444 e. The zero-order chi connectivity index (χ0) is 27.6. The molecular weight excluding hydrogens is 460 g/mol. The smallest absolute Gasteiger partial charge is 0.434 e. The van der Waals surface area contributed by atoms with Gasteiger partial charge in [0.05, 0.1) is 6.04 Å². The van der Waals surface area contributed by atoms with E-state index < -0.39 is 23.4 Å². The van der Waals surface area contributed by atoms with Crippen molar-refractivity contribution in [2.24, 2.45) is 4.99 Å². The van der Waals surface area contributed by atoms with Crippen LogP contribution in [0.4, 0.5) is 9.59 Å². The molecule has 2 aromatic carbocycles. The van der Waals surface area contributed by atoms with Gasteiger partial charge in [0, 0.05) is 12.6 Å². The topological polar surface area (TPSA) is 111 Å². The van der Waals surface area contributed by atoms with Crippen molar-refractivity contribution < 1.29 is 28.7 Å². The van der Waals surface area contributed by atoms with E-state index in [4.69, 9.17) is 14.3 Å². The van der Waals surface area contributed by atoms with Crippen LogP contribution in [0.25, 0.3) is 0 Å². The van der Waals surface area contributed by atoms with Crippen LogP contribution in [0.1, 0.15) is 72.1 Å². The fourth-order valence-electron chi connectivity index (χ4n) is 2.46. The van der Waals surface area contributed by atoms with Gasteiger partial charge in [-0.05, 0) is 59.6 Å². The second-order valence-electron chi connectivity index (χ2n) is 9.40. The van der Waals surface area contributed by atoms with Crippen molar-refractivity contribution in [2.75, 3.05) is 0 Å². The zero-order valence-electron chi connectivity index (χ0n) is 22.2. The minimum absolute atomic E-state index is 0.225. The van der Waals surface area contributed by atoms with E-state index in [0.29, 0.717) is 0 Å². The molecular formula is C28H38N2O6.